The molecule has 0 radical (unpaired) electrons. The van der Waals surface area contributed by atoms with E-state index in [4.69, 9.17) is 0 Å². The van der Waals surface area contributed by atoms with E-state index in [2.05, 4.69) is 30.6 Å². The second-order valence-corrected chi connectivity index (χ2v) is 7.02. The number of nitrogens with zero attached hydrogens (tertiary/aromatic N) is 5. The zero-order valence-electron chi connectivity index (χ0n) is 15.9. The molecule has 0 saturated carbocycles. The fourth-order valence-corrected chi connectivity index (χ4v) is 3.61. The second-order valence-electron chi connectivity index (χ2n) is 7.02. The van der Waals surface area contributed by atoms with Crippen LogP contribution in [0.15, 0.2) is 65.6 Å². The Bertz CT molecular complexity index is 1090. The first-order valence-electron chi connectivity index (χ1n) is 9.72. The van der Waals surface area contributed by atoms with Crippen LogP contribution in [0.5, 0.6) is 0 Å². The number of benzene rings is 1. The Morgan fingerprint density at radius 1 is 1.10 bits per heavy atom. The van der Waals surface area contributed by atoms with Crippen LogP contribution in [0.2, 0.25) is 0 Å². The highest BCUT2D eigenvalue weighted by Crippen LogP contribution is 2.24. The number of aromatic nitrogens is 3. The van der Waals surface area contributed by atoms with Gasteiger partial charge in [0.15, 0.2) is 5.82 Å². The van der Waals surface area contributed by atoms with Crippen LogP contribution in [0.4, 0.5) is 11.5 Å². The first-order chi connectivity index (χ1) is 14.3. The lowest BCUT2D eigenvalue weighted by Crippen LogP contribution is -2.44. The Balaban J connectivity index is 1.34. The number of carbonyl (C=O) groups excluding carboxylic acids is 1. The molecule has 1 aromatic carbocycles. The monoisotopic (exact) mass is 387 g/mol. The summed E-state index contributed by atoms with van der Waals surface area (Å²) in [5.41, 5.74) is 2.01. The Labute approximate surface area is 167 Å². The van der Waals surface area contributed by atoms with E-state index in [9.17, 15) is 4.79 Å². The van der Waals surface area contributed by atoms with E-state index in [0.29, 0.717) is 17.8 Å². The summed E-state index contributed by atoms with van der Waals surface area (Å²) in [6.07, 6.45) is 6.08. The Kier molecular flexibility index (Phi) is 4.53. The van der Waals surface area contributed by atoms with Crippen LogP contribution in [0.25, 0.3) is 10.9 Å². The zero-order chi connectivity index (χ0) is 19.6. The quantitative estimate of drug-likeness (QED) is 0.718. The number of rotatable bonds is 3. The average molecular weight is 387 g/mol. The molecule has 146 valence electrons. The van der Waals surface area contributed by atoms with E-state index in [1.54, 1.807) is 10.9 Å². The maximum Gasteiger partial charge on any atom is 0.274 e. The molecule has 4 heterocycles. The van der Waals surface area contributed by atoms with Gasteiger partial charge in [0.1, 0.15) is 11.5 Å². The molecule has 0 spiro atoms. The van der Waals surface area contributed by atoms with Crippen molar-refractivity contribution < 1.29 is 4.79 Å². The number of allylic oxidation sites excluding steroid dienone is 1. The Hall–Kier alpha value is -3.52. The molecule has 0 aliphatic carbocycles. The van der Waals surface area contributed by atoms with E-state index in [1.807, 2.05) is 48.7 Å². The van der Waals surface area contributed by atoms with Gasteiger partial charge in [0, 0.05) is 50.4 Å². The standard InChI is InChI=1S/C21H21N7O/c29-21(25-17-6-3-9-23-20(17)27-12-10-22-11-13-27)18-7-8-19(24-18)28-14-15-4-1-2-5-16(15)26-28/h1-7,9,14,22H,8,10-13H2,(H,25,29). The first-order valence-corrected chi connectivity index (χ1v) is 9.72. The largest absolute Gasteiger partial charge is 0.352 e. The number of hydrogen-bond acceptors (Lipinski definition) is 6. The number of amides is 1. The zero-order valence-corrected chi connectivity index (χ0v) is 15.9. The summed E-state index contributed by atoms with van der Waals surface area (Å²) in [5, 5.41) is 11.9. The molecular weight excluding hydrogens is 366 g/mol. The summed E-state index contributed by atoms with van der Waals surface area (Å²) >= 11 is 0. The number of carbonyl (C=O) groups is 1. The van der Waals surface area contributed by atoms with Crippen molar-refractivity contribution in [2.45, 2.75) is 6.42 Å². The average Bonchev–Trinajstić information content (AvgIpc) is 3.42. The van der Waals surface area contributed by atoms with Gasteiger partial charge in [-0.15, -0.1) is 0 Å². The number of anilines is 2. The minimum Gasteiger partial charge on any atom is -0.352 e. The summed E-state index contributed by atoms with van der Waals surface area (Å²) in [6, 6.07) is 11.6. The van der Waals surface area contributed by atoms with E-state index in [1.165, 1.54) is 0 Å². The molecule has 5 rings (SSSR count). The maximum absolute atomic E-state index is 12.8. The molecule has 1 saturated heterocycles. The molecule has 29 heavy (non-hydrogen) atoms. The van der Waals surface area contributed by atoms with Gasteiger partial charge in [-0.25, -0.2) is 14.7 Å². The number of aliphatic imine (C=N–C) groups is 1. The molecule has 8 nitrogen and oxygen atoms in total. The summed E-state index contributed by atoms with van der Waals surface area (Å²) < 4.78 is 1.75. The topological polar surface area (TPSA) is 87.4 Å². The fraction of sp³-hybridized carbons (Fsp3) is 0.238. The van der Waals surface area contributed by atoms with Crippen molar-refractivity contribution in [3.05, 3.63) is 60.6 Å². The van der Waals surface area contributed by atoms with Crippen LogP contribution in [-0.2, 0) is 4.79 Å². The minimum atomic E-state index is -0.235. The molecule has 1 amide bonds. The van der Waals surface area contributed by atoms with E-state index < -0.39 is 0 Å². The summed E-state index contributed by atoms with van der Waals surface area (Å²) in [6.45, 7) is 3.53. The van der Waals surface area contributed by atoms with Crippen LogP contribution < -0.4 is 15.5 Å². The Morgan fingerprint density at radius 3 is 2.83 bits per heavy atom. The van der Waals surface area contributed by atoms with Gasteiger partial charge in [-0.2, -0.15) is 5.10 Å². The molecule has 2 aliphatic rings. The smallest absolute Gasteiger partial charge is 0.274 e. The highest BCUT2D eigenvalue weighted by atomic mass is 16.2. The number of nitrogens with one attached hydrogen (secondary N) is 2. The van der Waals surface area contributed by atoms with Gasteiger partial charge in [0.05, 0.1) is 11.2 Å². The van der Waals surface area contributed by atoms with Gasteiger partial charge >= 0.3 is 0 Å². The summed E-state index contributed by atoms with van der Waals surface area (Å²) in [7, 11) is 0. The van der Waals surface area contributed by atoms with Gasteiger partial charge in [-0.3, -0.25) is 4.79 Å². The van der Waals surface area contributed by atoms with Crippen molar-refractivity contribution in [3.8, 4) is 0 Å². The highest BCUT2D eigenvalue weighted by molar-refractivity contribution is 6.08. The lowest BCUT2D eigenvalue weighted by atomic mass is 10.3. The van der Waals surface area contributed by atoms with Gasteiger partial charge < -0.3 is 15.5 Å². The first kappa shape index (κ1) is 17.6. The van der Waals surface area contributed by atoms with Gasteiger partial charge in [-0.1, -0.05) is 18.2 Å². The van der Waals surface area contributed by atoms with E-state index in [0.717, 1.165) is 48.7 Å². The molecule has 0 unspecified atom stereocenters. The van der Waals surface area contributed by atoms with Crippen molar-refractivity contribution >= 4 is 34.2 Å². The van der Waals surface area contributed by atoms with E-state index in [-0.39, 0.29) is 5.91 Å². The third-order valence-electron chi connectivity index (χ3n) is 5.09. The third kappa shape index (κ3) is 3.50. The van der Waals surface area contributed by atoms with Crippen LogP contribution in [-0.4, -0.2) is 52.7 Å². The van der Waals surface area contributed by atoms with Crippen LogP contribution >= 0.6 is 0 Å². The lowest BCUT2D eigenvalue weighted by molar-refractivity contribution is -0.112. The van der Waals surface area contributed by atoms with Crippen molar-refractivity contribution in [2.75, 3.05) is 36.4 Å². The summed E-state index contributed by atoms with van der Waals surface area (Å²) in [4.78, 5) is 24.0. The number of piperazine rings is 1. The van der Waals surface area contributed by atoms with Gasteiger partial charge in [0.2, 0.25) is 0 Å². The molecule has 0 atom stereocenters. The molecule has 1 fully saturated rings. The molecule has 2 N–H and O–H groups in total. The number of fused-ring (bicyclic) bond motifs is 1. The predicted octanol–water partition coefficient (Wildman–Crippen LogP) is 2.01. The molecule has 8 heteroatoms. The SMILES string of the molecule is O=C(Nc1cccnc1N1CCNCC1)C1=CCC(n2cc3ccccc3n2)=N1. The van der Waals surface area contributed by atoms with Gasteiger partial charge in [0.25, 0.3) is 5.91 Å². The Morgan fingerprint density at radius 2 is 1.97 bits per heavy atom. The number of pyridine rings is 1. The molecule has 0 bridgehead atoms. The third-order valence-corrected chi connectivity index (χ3v) is 5.09. The maximum atomic E-state index is 12.8. The summed E-state index contributed by atoms with van der Waals surface area (Å²) in [5.74, 6) is 1.30. The predicted molar refractivity (Wildman–Crippen MR) is 113 cm³/mol. The van der Waals surface area contributed by atoms with E-state index >= 15 is 0 Å². The van der Waals surface area contributed by atoms with Gasteiger partial charge in [-0.05, 0) is 24.3 Å². The van der Waals surface area contributed by atoms with Crippen LogP contribution in [0.3, 0.4) is 0 Å². The molecule has 2 aliphatic heterocycles. The van der Waals surface area contributed by atoms with Crippen LogP contribution in [0.1, 0.15) is 6.42 Å². The molecular formula is C21H21N7O. The normalized spacial score (nSPS) is 16.6. The van der Waals surface area contributed by atoms with Crippen molar-refractivity contribution in [1.29, 1.82) is 0 Å². The fourth-order valence-electron chi connectivity index (χ4n) is 3.61. The molecule has 3 aromatic rings. The van der Waals surface area contributed by atoms with Crippen molar-refractivity contribution in [1.82, 2.24) is 20.1 Å². The highest BCUT2D eigenvalue weighted by Gasteiger charge is 2.21. The minimum absolute atomic E-state index is 0.235. The lowest BCUT2D eigenvalue weighted by Gasteiger charge is -2.29. The van der Waals surface area contributed by atoms with Crippen molar-refractivity contribution in [3.63, 3.8) is 0 Å². The number of hydrogen-bond donors (Lipinski definition) is 2. The van der Waals surface area contributed by atoms with Crippen LogP contribution in [0, 0.1) is 0 Å². The second kappa shape index (κ2) is 7.48. The van der Waals surface area contributed by atoms with Crippen molar-refractivity contribution in [2.24, 2.45) is 4.99 Å². The molecule has 2 aromatic heterocycles.